The fourth-order valence-corrected chi connectivity index (χ4v) is 6.29. The first-order valence-electron chi connectivity index (χ1n) is 11.8. The number of carbonyl (C=O) groups is 1. The van der Waals surface area contributed by atoms with E-state index in [-0.39, 0.29) is 34.7 Å². The van der Waals surface area contributed by atoms with Crippen LogP contribution < -0.4 is 9.62 Å². The van der Waals surface area contributed by atoms with E-state index in [0.717, 1.165) is 16.4 Å². The zero-order valence-electron chi connectivity index (χ0n) is 20.3. The fraction of sp³-hybridized carbons (Fsp3) is 0.107. The van der Waals surface area contributed by atoms with Gasteiger partial charge in [-0.15, -0.1) is 0 Å². The average molecular weight is 550 g/mol. The van der Waals surface area contributed by atoms with E-state index in [2.05, 4.69) is 5.32 Å². The SMILES string of the molecule is O=C(NCc1ccccc1[N+](=O)[O-])[C@@H]1Cc2ccccc2N1S(=O)(=O)c1ccc(-c2ccc(F)cc2F)cc1. The van der Waals surface area contributed by atoms with Crippen molar-refractivity contribution in [2.24, 2.45) is 0 Å². The van der Waals surface area contributed by atoms with Crippen LogP contribution in [0.3, 0.4) is 0 Å². The Morgan fingerprint density at radius 3 is 2.38 bits per heavy atom. The number of halogens is 2. The van der Waals surface area contributed by atoms with Gasteiger partial charge in [0.1, 0.15) is 17.7 Å². The summed E-state index contributed by atoms with van der Waals surface area (Å²) in [5.74, 6) is -2.12. The smallest absolute Gasteiger partial charge is 0.274 e. The number of hydrogen-bond donors (Lipinski definition) is 1. The molecule has 0 fully saturated rings. The summed E-state index contributed by atoms with van der Waals surface area (Å²) in [6.07, 6.45) is 0.108. The fourth-order valence-electron chi connectivity index (χ4n) is 4.64. The molecule has 198 valence electrons. The first-order valence-corrected chi connectivity index (χ1v) is 13.3. The van der Waals surface area contributed by atoms with Gasteiger partial charge in [-0.25, -0.2) is 17.2 Å². The van der Waals surface area contributed by atoms with Crippen LogP contribution in [0.2, 0.25) is 0 Å². The Morgan fingerprint density at radius 1 is 0.974 bits per heavy atom. The van der Waals surface area contributed by atoms with Gasteiger partial charge in [-0.1, -0.05) is 48.5 Å². The van der Waals surface area contributed by atoms with Crippen LogP contribution in [0, 0.1) is 21.7 Å². The van der Waals surface area contributed by atoms with E-state index in [4.69, 9.17) is 0 Å². The molecule has 0 saturated carbocycles. The first-order chi connectivity index (χ1) is 18.7. The largest absolute Gasteiger partial charge is 0.350 e. The van der Waals surface area contributed by atoms with E-state index < -0.39 is 38.5 Å². The topological polar surface area (TPSA) is 110 Å². The molecule has 1 aliphatic heterocycles. The van der Waals surface area contributed by atoms with Crippen molar-refractivity contribution in [3.8, 4) is 11.1 Å². The summed E-state index contributed by atoms with van der Waals surface area (Å²) in [5.41, 5.74) is 1.58. The Labute approximate surface area is 222 Å². The number of amides is 1. The van der Waals surface area contributed by atoms with Crippen LogP contribution in [-0.2, 0) is 27.8 Å². The third-order valence-corrected chi connectivity index (χ3v) is 8.36. The zero-order valence-corrected chi connectivity index (χ0v) is 21.1. The second kappa shape index (κ2) is 10.3. The molecule has 1 N–H and O–H groups in total. The van der Waals surface area contributed by atoms with Crippen molar-refractivity contribution in [1.82, 2.24) is 5.32 Å². The molecule has 4 aromatic rings. The minimum atomic E-state index is -4.26. The molecule has 1 heterocycles. The van der Waals surface area contributed by atoms with Gasteiger partial charge in [0.15, 0.2) is 0 Å². The maximum atomic E-state index is 14.2. The summed E-state index contributed by atoms with van der Waals surface area (Å²) in [4.78, 5) is 24.0. The van der Waals surface area contributed by atoms with E-state index in [1.165, 1.54) is 48.5 Å². The average Bonchev–Trinajstić information content (AvgIpc) is 3.33. The number of anilines is 1. The molecular weight excluding hydrogens is 528 g/mol. The Kier molecular flexibility index (Phi) is 6.83. The molecule has 1 amide bonds. The minimum Gasteiger partial charge on any atom is -0.350 e. The van der Waals surface area contributed by atoms with Crippen LogP contribution in [0.5, 0.6) is 0 Å². The van der Waals surface area contributed by atoms with Gasteiger partial charge < -0.3 is 5.32 Å². The molecule has 1 atom stereocenters. The second-order valence-corrected chi connectivity index (χ2v) is 10.7. The molecule has 0 spiro atoms. The van der Waals surface area contributed by atoms with E-state index in [1.807, 2.05) is 0 Å². The number of carbonyl (C=O) groups excluding carboxylic acids is 1. The van der Waals surface area contributed by atoms with Gasteiger partial charge in [0.25, 0.3) is 15.7 Å². The summed E-state index contributed by atoms with van der Waals surface area (Å²) in [5, 5.41) is 14.0. The Bertz CT molecular complexity index is 1690. The van der Waals surface area contributed by atoms with Crippen molar-refractivity contribution < 1.29 is 26.9 Å². The standard InChI is InChI=1S/C28H21F2N3O5S/c29-21-11-14-23(24(30)16-21)18-9-12-22(13-10-18)39(37,38)32-25-7-3-1-5-19(25)15-27(32)28(34)31-17-20-6-2-4-8-26(20)33(35)36/h1-14,16,27H,15,17H2,(H,31,34)/t27-/m0/s1. The van der Waals surface area contributed by atoms with Crippen molar-refractivity contribution in [3.05, 3.63) is 124 Å². The number of hydrogen-bond acceptors (Lipinski definition) is 5. The predicted octanol–water partition coefficient (Wildman–Crippen LogP) is 4.98. The molecular formula is C28H21F2N3O5S. The lowest BCUT2D eigenvalue weighted by Gasteiger charge is -2.26. The lowest BCUT2D eigenvalue weighted by molar-refractivity contribution is -0.385. The normalized spacial score (nSPS) is 14.6. The van der Waals surface area contributed by atoms with Gasteiger partial charge in [-0.3, -0.25) is 19.2 Å². The number of nitrogens with zero attached hydrogens (tertiary/aromatic N) is 2. The summed E-state index contributed by atoms with van der Waals surface area (Å²) >= 11 is 0. The molecule has 4 aromatic carbocycles. The Balaban J connectivity index is 1.44. The number of nitro benzene ring substituents is 1. The molecule has 0 saturated heterocycles. The van der Waals surface area contributed by atoms with Crippen molar-refractivity contribution in [2.75, 3.05) is 4.31 Å². The number of fused-ring (bicyclic) bond motifs is 1. The maximum absolute atomic E-state index is 14.2. The molecule has 0 bridgehead atoms. The molecule has 5 rings (SSSR count). The van der Waals surface area contributed by atoms with Gasteiger partial charge in [-0.2, -0.15) is 0 Å². The lowest BCUT2D eigenvalue weighted by Crippen LogP contribution is -2.47. The Morgan fingerprint density at radius 2 is 1.67 bits per heavy atom. The van der Waals surface area contributed by atoms with Gasteiger partial charge in [0.05, 0.1) is 15.5 Å². The molecule has 1 aliphatic rings. The number of para-hydroxylation sites is 2. The Hall–Kier alpha value is -4.64. The summed E-state index contributed by atoms with van der Waals surface area (Å²) in [7, 11) is -4.26. The van der Waals surface area contributed by atoms with E-state index in [1.54, 1.807) is 30.3 Å². The highest BCUT2D eigenvalue weighted by atomic mass is 32.2. The highest BCUT2D eigenvalue weighted by Gasteiger charge is 2.42. The van der Waals surface area contributed by atoms with Gasteiger partial charge in [-0.05, 0) is 41.5 Å². The third kappa shape index (κ3) is 4.96. The monoisotopic (exact) mass is 549 g/mol. The molecule has 39 heavy (non-hydrogen) atoms. The number of rotatable bonds is 7. The van der Waals surface area contributed by atoms with Crippen LogP contribution in [-0.4, -0.2) is 25.3 Å². The van der Waals surface area contributed by atoms with Crippen LogP contribution in [0.1, 0.15) is 11.1 Å². The highest BCUT2D eigenvalue weighted by Crippen LogP contribution is 2.37. The predicted molar refractivity (Wildman–Crippen MR) is 140 cm³/mol. The van der Waals surface area contributed by atoms with Crippen LogP contribution in [0.15, 0.2) is 95.9 Å². The van der Waals surface area contributed by atoms with Crippen molar-refractivity contribution >= 4 is 27.3 Å². The van der Waals surface area contributed by atoms with Gasteiger partial charge >= 0.3 is 0 Å². The number of nitro groups is 1. The van der Waals surface area contributed by atoms with Crippen LogP contribution in [0.25, 0.3) is 11.1 Å². The number of benzene rings is 4. The quantitative estimate of drug-likeness (QED) is 0.258. The first kappa shape index (κ1) is 26.0. The molecule has 0 aliphatic carbocycles. The highest BCUT2D eigenvalue weighted by molar-refractivity contribution is 7.93. The molecule has 0 radical (unpaired) electrons. The van der Waals surface area contributed by atoms with Crippen molar-refractivity contribution in [1.29, 1.82) is 0 Å². The van der Waals surface area contributed by atoms with E-state index in [9.17, 15) is 32.1 Å². The van der Waals surface area contributed by atoms with E-state index >= 15 is 0 Å². The number of nitrogens with one attached hydrogen (secondary N) is 1. The summed E-state index contributed by atoms with van der Waals surface area (Å²) in [6.45, 7) is -0.158. The molecule has 0 unspecified atom stereocenters. The van der Waals surface area contributed by atoms with Gasteiger partial charge in [0.2, 0.25) is 5.91 Å². The molecule has 8 nitrogen and oxygen atoms in total. The maximum Gasteiger partial charge on any atom is 0.274 e. The third-order valence-electron chi connectivity index (χ3n) is 6.52. The van der Waals surface area contributed by atoms with Crippen molar-refractivity contribution in [3.63, 3.8) is 0 Å². The molecule has 11 heteroatoms. The second-order valence-electron chi connectivity index (χ2n) is 8.90. The zero-order chi connectivity index (χ0) is 27.7. The number of sulfonamides is 1. The van der Waals surface area contributed by atoms with Crippen LogP contribution in [0.4, 0.5) is 20.2 Å². The molecule has 0 aromatic heterocycles. The van der Waals surface area contributed by atoms with E-state index in [0.29, 0.717) is 16.8 Å². The van der Waals surface area contributed by atoms with Crippen LogP contribution >= 0.6 is 0 Å². The summed E-state index contributed by atoms with van der Waals surface area (Å²) < 4.78 is 56.2. The van der Waals surface area contributed by atoms with Crippen molar-refractivity contribution in [2.45, 2.75) is 23.9 Å². The summed E-state index contributed by atoms with van der Waals surface area (Å²) in [6, 6.07) is 20.1. The minimum absolute atomic E-state index is 0.108. The van der Waals surface area contributed by atoms with Gasteiger partial charge in [0, 0.05) is 36.2 Å². The lowest BCUT2D eigenvalue weighted by atomic mass is 10.1.